The minimum Gasteiger partial charge on any atom is -0.379 e. The van der Waals surface area contributed by atoms with Gasteiger partial charge in [-0.05, 0) is 43.2 Å². The van der Waals surface area contributed by atoms with Gasteiger partial charge in [-0.15, -0.1) is 0 Å². The van der Waals surface area contributed by atoms with Crippen LogP contribution in [0.15, 0.2) is 35.2 Å². The number of rotatable bonds is 4. The third-order valence-corrected chi connectivity index (χ3v) is 8.28. The molecule has 2 heterocycles. The second kappa shape index (κ2) is 8.24. The number of ether oxygens (including phenoxy) is 1. The fourth-order valence-corrected chi connectivity index (χ4v) is 5.90. The number of fused-ring (bicyclic) bond motifs is 1. The van der Waals surface area contributed by atoms with E-state index < -0.39 is 15.9 Å². The molecule has 0 aliphatic carbocycles. The average molecular weight is 466 g/mol. The summed E-state index contributed by atoms with van der Waals surface area (Å²) < 4.78 is 33.4. The standard InChI is InChI=1S/C20H20ClN3O4S2/c1-12-3-4-13(2)18-17(12)22-20(29-18)23-19(25)15-11-14(5-6-16(15)21)30(26,27)24-7-9-28-10-8-24/h3-6,11H,7-10H2,1-2H3,(H,22,23,25). The van der Waals surface area contributed by atoms with Crippen LogP contribution in [0.4, 0.5) is 5.13 Å². The maximum Gasteiger partial charge on any atom is 0.259 e. The Morgan fingerprint density at radius 2 is 1.87 bits per heavy atom. The average Bonchev–Trinajstić information content (AvgIpc) is 3.16. The lowest BCUT2D eigenvalue weighted by atomic mass is 10.1. The van der Waals surface area contributed by atoms with Crippen molar-refractivity contribution in [3.8, 4) is 0 Å². The van der Waals surface area contributed by atoms with Gasteiger partial charge in [-0.2, -0.15) is 4.31 Å². The van der Waals surface area contributed by atoms with E-state index in [0.29, 0.717) is 18.3 Å². The molecule has 30 heavy (non-hydrogen) atoms. The third-order valence-electron chi connectivity index (χ3n) is 4.95. The number of morpholine rings is 1. The van der Waals surface area contributed by atoms with Crippen molar-refractivity contribution in [1.29, 1.82) is 0 Å². The molecule has 0 atom stereocenters. The molecule has 1 N–H and O–H groups in total. The Morgan fingerprint density at radius 1 is 1.17 bits per heavy atom. The molecule has 0 unspecified atom stereocenters. The van der Waals surface area contributed by atoms with Crippen molar-refractivity contribution in [2.75, 3.05) is 31.6 Å². The molecule has 1 aliphatic rings. The number of benzene rings is 2. The number of thiazole rings is 1. The first kappa shape index (κ1) is 21.2. The molecule has 2 aromatic carbocycles. The number of carbonyl (C=O) groups excluding carboxylic acids is 1. The summed E-state index contributed by atoms with van der Waals surface area (Å²) in [5.74, 6) is -0.506. The number of hydrogen-bond donors (Lipinski definition) is 1. The van der Waals surface area contributed by atoms with E-state index in [9.17, 15) is 13.2 Å². The van der Waals surface area contributed by atoms with Crippen LogP contribution in [-0.4, -0.2) is 49.9 Å². The van der Waals surface area contributed by atoms with Gasteiger partial charge < -0.3 is 4.74 Å². The number of nitrogens with one attached hydrogen (secondary N) is 1. The quantitative estimate of drug-likeness (QED) is 0.632. The Morgan fingerprint density at radius 3 is 2.57 bits per heavy atom. The van der Waals surface area contributed by atoms with E-state index in [1.54, 1.807) is 0 Å². The molecule has 1 aromatic heterocycles. The van der Waals surface area contributed by atoms with Crippen molar-refractivity contribution in [3.63, 3.8) is 0 Å². The van der Waals surface area contributed by atoms with E-state index in [2.05, 4.69) is 10.3 Å². The van der Waals surface area contributed by atoms with Gasteiger partial charge in [-0.25, -0.2) is 13.4 Å². The molecule has 1 amide bonds. The largest absolute Gasteiger partial charge is 0.379 e. The van der Waals surface area contributed by atoms with Gasteiger partial charge in [0.1, 0.15) is 0 Å². The normalized spacial score (nSPS) is 15.4. The molecule has 1 aliphatic heterocycles. The first-order valence-corrected chi connectivity index (χ1v) is 12.0. The first-order valence-electron chi connectivity index (χ1n) is 9.33. The van der Waals surface area contributed by atoms with Crippen molar-refractivity contribution in [3.05, 3.63) is 52.0 Å². The zero-order chi connectivity index (χ0) is 21.5. The zero-order valence-electron chi connectivity index (χ0n) is 16.4. The second-order valence-corrected chi connectivity index (χ2v) is 10.4. The van der Waals surface area contributed by atoms with Crippen molar-refractivity contribution in [1.82, 2.24) is 9.29 Å². The smallest absolute Gasteiger partial charge is 0.259 e. The molecular weight excluding hydrogens is 446 g/mol. The fraction of sp³-hybridized carbons (Fsp3) is 0.300. The van der Waals surface area contributed by atoms with Gasteiger partial charge in [0, 0.05) is 13.1 Å². The molecular formula is C20H20ClN3O4S2. The maximum absolute atomic E-state index is 12.9. The van der Waals surface area contributed by atoms with Crippen LogP contribution in [0.3, 0.4) is 0 Å². The lowest BCUT2D eigenvalue weighted by Crippen LogP contribution is -2.40. The van der Waals surface area contributed by atoms with E-state index in [0.717, 1.165) is 21.3 Å². The number of carbonyl (C=O) groups is 1. The van der Waals surface area contributed by atoms with Crippen LogP contribution in [0.2, 0.25) is 5.02 Å². The summed E-state index contributed by atoms with van der Waals surface area (Å²) in [7, 11) is -3.74. The van der Waals surface area contributed by atoms with Crippen LogP contribution in [-0.2, 0) is 14.8 Å². The molecule has 1 fully saturated rings. The zero-order valence-corrected chi connectivity index (χ0v) is 18.8. The van der Waals surface area contributed by atoms with Crippen LogP contribution in [0.1, 0.15) is 21.5 Å². The molecule has 7 nitrogen and oxygen atoms in total. The van der Waals surface area contributed by atoms with E-state index in [1.807, 2.05) is 26.0 Å². The summed E-state index contributed by atoms with van der Waals surface area (Å²) in [5.41, 5.74) is 3.01. The first-order chi connectivity index (χ1) is 14.3. The summed E-state index contributed by atoms with van der Waals surface area (Å²) in [5, 5.41) is 3.36. The molecule has 0 bridgehead atoms. The molecule has 0 spiro atoms. The number of hydrogen-bond acceptors (Lipinski definition) is 6. The SMILES string of the molecule is Cc1ccc(C)c2sc(NC(=O)c3cc(S(=O)(=O)N4CCOCC4)ccc3Cl)nc12. The van der Waals surface area contributed by atoms with Gasteiger partial charge in [-0.1, -0.05) is 35.1 Å². The van der Waals surface area contributed by atoms with E-state index >= 15 is 0 Å². The Balaban J connectivity index is 1.64. The van der Waals surface area contributed by atoms with Crippen molar-refractivity contribution >= 4 is 54.2 Å². The number of amides is 1. The van der Waals surface area contributed by atoms with Gasteiger partial charge in [0.15, 0.2) is 5.13 Å². The monoisotopic (exact) mass is 465 g/mol. The lowest BCUT2D eigenvalue weighted by Gasteiger charge is -2.26. The fourth-order valence-electron chi connectivity index (χ4n) is 3.25. The molecule has 10 heteroatoms. The topological polar surface area (TPSA) is 88.6 Å². The summed E-state index contributed by atoms with van der Waals surface area (Å²) in [6, 6.07) is 8.15. The number of nitrogens with zero attached hydrogens (tertiary/aromatic N) is 2. The van der Waals surface area contributed by atoms with Crippen LogP contribution >= 0.6 is 22.9 Å². The lowest BCUT2D eigenvalue weighted by molar-refractivity contribution is 0.0730. The highest BCUT2D eigenvalue weighted by atomic mass is 35.5. The van der Waals surface area contributed by atoms with E-state index in [4.69, 9.17) is 16.3 Å². The van der Waals surface area contributed by atoms with Gasteiger partial charge >= 0.3 is 0 Å². The number of anilines is 1. The number of aromatic nitrogens is 1. The summed E-state index contributed by atoms with van der Waals surface area (Å²) in [6.07, 6.45) is 0. The predicted molar refractivity (Wildman–Crippen MR) is 118 cm³/mol. The molecule has 1 saturated heterocycles. The van der Waals surface area contributed by atoms with Crippen molar-refractivity contribution in [2.24, 2.45) is 0 Å². The number of halogens is 1. The van der Waals surface area contributed by atoms with Gasteiger partial charge in [-0.3, -0.25) is 10.1 Å². The van der Waals surface area contributed by atoms with Crippen LogP contribution in [0, 0.1) is 13.8 Å². The minimum atomic E-state index is -3.74. The molecule has 0 radical (unpaired) electrons. The maximum atomic E-state index is 12.9. The highest BCUT2D eigenvalue weighted by Crippen LogP contribution is 2.32. The number of aryl methyl sites for hydroxylation is 2. The molecule has 0 saturated carbocycles. The van der Waals surface area contributed by atoms with Gasteiger partial charge in [0.2, 0.25) is 10.0 Å². The van der Waals surface area contributed by atoms with E-state index in [-0.39, 0.29) is 28.6 Å². The number of sulfonamides is 1. The Kier molecular flexibility index (Phi) is 5.82. The van der Waals surface area contributed by atoms with Crippen molar-refractivity contribution in [2.45, 2.75) is 18.7 Å². The summed E-state index contributed by atoms with van der Waals surface area (Å²) >= 11 is 7.59. The Labute approximate surface area is 183 Å². The summed E-state index contributed by atoms with van der Waals surface area (Å²) in [6.45, 7) is 5.19. The van der Waals surface area contributed by atoms with Gasteiger partial charge in [0.05, 0.1) is 38.9 Å². The van der Waals surface area contributed by atoms with Crippen LogP contribution in [0.5, 0.6) is 0 Å². The van der Waals surface area contributed by atoms with Crippen molar-refractivity contribution < 1.29 is 17.9 Å². The molecule has 158 valence electrons. The van der Waals surface area contributed by atoms with Crippen LogP contribution < -0.4 is 5.32 Å². The molecule has 3 aromatic rings. The highest BCUT2D eigenvalue weighted by Gasteiger charge is 2.27. The third kappa shape index (κ3) is 3.95. The van der Waals surface area contributed by atoms with Gasteiger partial charge in [0.25, 0.3) is 5.91 Å². The Bertz CT molecular complexity index is 1200. The highest BCUT2D eigenvalue weighted by molar-refractivity contribution is 7.89. The Hall–Kier alpha value is -2.04. The molecule has 4 rings (SSSR count). The predicted octanol–water partition coefficient (Wildman–Crippen LogP) is 3.84. The second-order valence-electron chi connectivity index (χ2n) is 7.01. The van der Waals surface area contributed by atoms with Crippen LogP contribution in [0.25, 0.3) is 10.2 Å². The van der Waals surface area contributed by atoms with E-state index in [1.165, 1.54) is 33.8 Å². The minimum absolute atomic E-state index is 0.0231. The summed E-state index contributed by atoms with van der Waals surface area (Å²) in [4.78, 5) is 17.4.